The quantitative estimate of drug-likeness (QED) is 0.878. The van der Waals surface area contributed by atoms with Gasteiger partial charge in [0.1, 0.15) is 5.82 Å². The highest BCUT2D eigenvalue weighted by atomic mass is 15.0. The Hall–Kier alpha value is -1.90. The second kappa shape index (κ2) is 4.77. The fraction of sp³-hybridized carbons (Fsp3) is 0.333. The van der Waals surface area contributed by atoms with Crippen LogP contribution >= 0.6 is 0 Å². The maximum absolute atomic E-state index is 5.96. The lowest BCUT2D eigenvalue weighted by Gasteiger charge is -2.10. The molecule has 0 aliphatic heterocycles. The van der Waals surface area contributed by atoms with E-state index in [2.05, 4.69) is 48.9 Å². The van der Waals surface area contributed by atoms with E-state index in [0.29, 0.717) is 5.82 Å². The summed E-state index contributed by atoms with van der Waals surface area (Å²) in [5.74, 6) is 1.31. The summed E-state index contributed by atoms with van der Waals surface area (Å²) in [7, 11) is 0. The van der Waals surface area contributed by atoms with Crippen LogP contribution in [0.4, 0.5) is 5.82 Å². The van der Waals surface area contributed by atoms with Crippen LogP contribution in [0.15, 0.2) is 18.2 Å². The molecular formula is C15H19N3. The summed E-state index contributed by atoms with van der Waals surface area (Å²) in [5.41, 5.74) is 11.5. The highest BCUT2D eigenvalue weighted by Gasteiger charge is 2.10. The molecule has 0 aliphatic carbocycles. The Bertz CT molecular complexity index is 589. The molecule has 0 spiro atoms. The number of anilines is 1. The van der Waals surface area contributed by atoms with Gasteiger partial charge in [0.05, 0.1) is 0 Å². The van der Waals surface area contributed by atoms with E-state index >= 15 is 0 Å². The number of benzene rings is 1. The van der Waals surface area contributed by atoms with Crippen molar-refractivity contribution in [2.24, 2.45) is 0 Å². The lowest BCUT2D eigenvalue weighted by Crippen LogP contribution is -2.04. The molecule has 0 bridgehead atoms. The van der Waals surface area contributed by atoms with Crippen molar-refractivity contribution in [2.45, 2.75) is 34.1 Å². The third-order valence-corrected chi connectivity index (χ3v) is 3.24. The molecule has 0 fully saturated rings. The first-order valence-corrected chi connectivity index (χ1v) is 6.23. The number of rotatable bonds is 2. The highest BCUT2D eigenvalue weighted by molar-refractivity contribution is 5.63. The van der Waals surface area contributed by atoms with Crippen LogP contribution in [0.2, 0.25) is 0 Å². The first-order valence-electron chi connectivity index (χ1n) is 6.23. The average Bonchev–Trinajstić information content (AvgIpc) is 2.32. The molecule has 1 heterocycles. The van der Waals surface area contributed by atoms with Crippen molar-refractivity contribution in [1.82, 2.24) is 9.97 Å². The van der Waals surface area contributed by atoms with Gasteiger partial charge >= 0.3 is 0 Å². The zero-order valence-corrected chi connectivity index (χ0v) is 11.4. The number of nitrogen functional groups attached to an aromatic ring is 1. The van der Waals surface area contributed by atoms with Crippen LogP contribution in [-0.4, -0.2) is 9.97 Å². The number of aromatic nitrogens is 2. The van der Waals surface area contributed by atoms with Crippen molar-refractivity contribution >= 4 is 5.82 Å². The SMILES string of the molecule is CCc1nc(-c2ccc(C)cc2C)nc(N)c1C. The molecule has 2 N–H and O–H groups in total. The number of aryl methyl sites for hydroxylation is 3. The minimum Gasteiger partial charge on any atom is -0.383 e. The summed E-state index contributed by atoms with van der Waals surface area (Å²) in [6.45, 7) is 8.21. The molecular weight excluding hydrogens is 222 g/mol. The van der Waals surface area contributed by atoms with E-state index in [1.54, 1.807) is 0 Å². The Morgan fingerprint density at radius 1 is 1.11 bits per heavy atom. The molecule has 1 aromatic heterocycles. The van der Waals surface area contributed by atoms with Crippen LogP contribution in [0.3, 0.4) is 0 Å². The Kier molecular flexibility index (Phi) is 3.32. The van der Waals surface area contributed by atoms with Gasteiger partial charge in [-0.25, -0.2) is 9.97 Å². The van der Waals surface area contributed by atoms with E-state index in [1.807, 2.05) is 6.92 Å². The first-order chi connectivity index (χ1) is 8.52. The summed E-state index contributed by atoms with van der Waals surface area (Å²) < 4.78 is 0. The van der Waals surface area contributed by atoms with Crippen molar-refractivity contribution in [2.75, 3.05) is 5.73 Å². The Balaban J connectivity index is 2.60. The van der Waals surface area contributed by atoms with Gasteiger partial charge in [-0.2, -0.15) is 0 Å². The van der Waals surface area contributed by atoms with Crippen molar-refractivity contribution in [3.63, 3.8) is 0 Å². The monoisotopic (exact) mass is 241 g/mol. The minimum absolute atomic E-state index is 0.580. The average molecular weight is 241 g/mol. The second-order valence-electron chi connectivity index (χ2n) is 4.68. The molecule has 0 atom stereocenters. The van der Waals surface area contributed by atoms with E-state index in [4.69, 9.17) is 5.73 Å². The van der Waals surface area contributed by atoms with Gasteiger partial charge in [0.15, 0.2) is 5.82 Å². The molecule has 18 heavy (non-hydrogen) atoms. The zero-order valence-electron chi connectivity index (χ0n) is 11.4. The minimum atomic E-state index is 0.580. The van der Waals surface area contributed by atoms with E-state index in [9.17, 15) is 0 Å². The van der Waals surface area contributed by atoms with E-state index < -0.39 is 0 Å². The third-order valence-electron chi connectivity index (χ3n) is 3.24. The van der Waals surface area contributed by atoms with E-state index in [1.165, 1.54) is 11.1 Å². The van der Waals surface area contributed by atoms with Gasteiger partial charge in [0.25, 0.3) is 0 Å². The molecule has 0 aliphatic rings. The molecule has 1 aromatic carbocycles. The summed E-state index contributed by atoms with van der Waals surface area (Å²) in [6, 6.07) is 6.28. The number of nitrogens with two attached hydrogens (primary N) is 1. The molecule has 0 unspecified atom stereocenters. The fourth-order valence-corrected chi connectivity index (χ4v) is 2.11. The van der Waals surface area contributed by atoms with Crippen molar-refractivity contribution < 1.29 is 0 Å². The van der Waals surface area contributed by atoms with Gasteiger partial charge in [-0.1, -0.05) is 30.7 Å². The van der Waals surface area contributed by atoms with Gasteiger partial charge in [-0.15, -0.1) is 0 Å². The molecule has 2 aromatic rings. The van der Waals surface area contributed by atoms with Gasteiger partial charge in [0, 0.05) is 16.8 Å². The third kappa shape index (κ3) is 2.21. The largest absolute Gasteiger partial charge is 0.383 e. The van der Waals surface area contributed by atoms with Crippen LogP contribution in [0, 0.1) is 20.8 Å². The normalized spacial score (nSPS) is 10.7. The maximum atomic E-state index is 5.96. The lowest BCUT2D eigenvalue weighted by molar-refractivity contribution is 0.981. The second-order valence-corrected chi connectivity index (χ2v) is 4.68. The van der Waals surface area contributed by atoms with Crippen LogP contribution in [0.25, 0.3) is 11.4 Å². The van der Waals surface area contributed by atoms with Gasteiger partial charge < -0.3 is 5.73 Å². The molecule has 3 nitrogen and oxygen atoms in total. The fourth-order valence-electron chi connectivity index (χ4n) is 2.11. The topological polar surface area (TPSA) is 51.8 Å². The molecule has 2 rings (SSSR count). The van der Waals surface area contributed by atoms with Crippen molar-refractivity contribution in [3.8, 4) is 11.4 Å². The zero-order chi connectivity index (χ0) is 13.3. The number of hydrogen-bond acceptors (Lipinski definition) is 3. The first kappa shape index (κ1) is 12.6. The number of nitrogens with zero attached hydrogens (tertiary/aromatic N) is 2. The van der Waals surface area contributed by atoms with Gasteiger partial charge in [-0.3, -0.25) is 0 Å². The van der Waals surface area contributed by atoms with Crippen LogP contribution in [0.1, 0.15) is 29.3 Å². The summed E-state index contributed by atoms with van der Waals surface area (Å²) in [6.07, 6.45) is 0.871. The molecule has 94 valence electrons. The Labute approximate surface area is 108 Å². The molecule has 0 amide bonds. The lowest BCUT2D eigenvalue weighted by atomic mass is 10.0. The van der Waals surface area contributed by atoms with Crippen LogP contribution in [0.5, 0.6) is 0 Å². The van der Waals surface area contributed by atoms with Crippen molar-refractivity contribution in [3.05, 3.63) is 40.6 Å². The molecule has 3 heteroatoms. The van der Waals surface area contributed by atoms with Crippen molar-refractivity contribution in [1.29, 1.82) is 0 Å². The van der Waals surface area contributed by atoms with Crippen LogP contribution in [-0.2, 0) is 6.42 Å². The maximum Gasteiger partial charge on any atom is 0.162 e. The molecule has 0 saturated heterocycles. The van der Waals surface area contributed by atoms with E-state index in [-0.39, 0.29) is 0 Å². The predicted molar refractivity (Wildman–Crippen MR) is 75.5 cm³/mol. The summed E-state index contributed by atoms with van der Waals surface area (Å²) in [5, 5.41) is 0. The number of hydrogen-bond donors (Lipinski definition) is 1. The Morgan fingerprint density at radius 2 is 1.83 bits per heavy atom. The Morgan fingerprint density at radius 3 is 2.44 bits per heavy atom. The van der Waals surface area contributed by atoms with E-state index in [0.717, 1.165) is 29.1 Å². The predicted octanol–water partition coefficient (Wildman–Crippen LogP) is 3.21. The highest BCUT2D eigenvalue weighted by Crippen LogP contribution is 2.24. The van der Waals surface area contributed by atoms with Gasteiger partial charge in [-0.05, 0) is 32.8 Å². The summed E-state index contributed by atoms with van der Waals surface area (Å²) >= 11 is 0. The summed E-state index contributed by atoms with van der Waals surface area (Å²) in [4.78, 5) is 9.03. The molecule has 0 saturated carbocycles. The van der Waals surface area contributed by atoms with Crippen LogP contribution < -0.4 is 5.73 Å². The standard InChI is InChI=1S/C15H19N3/c1-5-13-11(4)14(16)18-15(17-13)12-7-6-9(2)8-10(12)3/h6-8H,5H2,1-4H3,(H2,16,17,18). The smallest absolute Gasteiger partial charge is 0.162 e. The molecule has 0 radical (unpaired) electrons. The van der Waals surface area contributed by atoms with Gasteiger partial charge in [0.2, 0.25) is 0 Å².